The Kier molecular flexibility index (Phi) is 6.74. The number of anilines is 1. The third-order valence-corrected chi connectivity index (χ3v) is 4.22. The van der Waals surface area contributed by atoms with Gasteiger partial charge in [-0.15, -0.1) is 11.3 Å². The van der Waals surface area contributed by atoms with Crippen LogP contribution in [0.15, 0.2) is 35.7 Å². The maximum absolute atomic E-state index is 11.8. The first-order valence-corrected chi connectivity index (χ1v) is 8.66. The van der Waals surface area contributed by atoms with Gasteiger partial charge in [0.1, 0.15) is 5.75 Å². The number of nitrogens with zero attached hydrogens (tertiary/aromatic N) is 1. The molecule has 2 aromatic rings. The molecule has 1 aromatic heterocycles. The van der Waals surface area contributed by atoms with Crippen LogP contribution in [0.4, 0.5) is 5.13 Å². The van der Waals surface area contributed by atoms with Crippen molar-refractivity contribution in [2.75, 3.05) is 18.5 Å². The van der Waals surface area contributed by atoms with Crippen molar-refractivity contribution in [3.05, 3.63) is 41.4 Å². The van der Waals surface area contributed by atoms with Crippen LogP contribution in [0.5, 0.6) is 5.75 Å². The second kappa shape index (κ2) is 9.02. The number of carbonyl (C=O) groups is 2. The number of ether oxygens (including phenoxy) is 1. The molecule has 24 heavy (non-hydrogen) atoms. The first-order valence-electron chi connectivity index (χ1n) is 7.78. The summed E-state index contributed by atoms with van der Waals surface area (Å²) in [7, 11) is 0. The summed E-state index contributed by atoms with van der Waals surface area (Å²) in [6.07, 6.45) is 0.995. The Balaban J connectivity index is 1.70. The molecule has 0 radical (unpaired) electrons. The highest BCUT2D eigenvalue weighted by molar-refractivity contribution is 7.13. The molecule has 128 valence electrons. The molecule has 0 saturated heterocycles. The summed E-state index contributed by atoms with van der Waals surface area (Å²) in [6, 6.07) is 9.03. The number of hydrogen-bond acceptors (Lipinski definition) is 5. The maximum atomic E-state index is 11.8. The molecule has 1 heterocycles. The van der Waals surface area contributed by atoms with Crippen LogP contribution in [-0.2, 0) is 9.59 Å². The molecule has 7 heteroatoms. The van der Waals surface area contributed by atoms with E-state index in [0.29, 0.717) is 16.8 Å². The lowest BCUT2D eigenvalue weighted by atomic mass is 10.1. The number of benzene rings is 1. The largest absolute Gasteiger partial charge is 0.484 e. The summed E-state index contributed by atoms with van der Waals surface area (Å²) in [5.41, 5.74) is 0.970. The van der Waals surface area contributed by atoms with Crippen molar-refractivity contribution in [2.24, 2.45) is 0 Å². The van der Waals surface area contributed by atoms with E-state index in [1.54, 1.807) is 12.1 Å². The van der Waals surface area contributed by atoms with E-state index in [1.807, 2.05) is 23.6 Å². The Morgan fingerprint density at radius 3 is 2.71 bits per heavy atom. The van der Waals surface area contributed by atoms with E-state index in [-0.39, 0.29) is 25.0 Å². The van der Waals surface area contributed by atoms with Crippen molar-refractivity contribution < 1.29 is 14.3 Å². The highest BCUT2D eigenvalue weighted by atomic mass is 32.1. The van der Waals surface area contributed by atoms with Crippen molar-refractivity contribution >= 4 is 28.3 Å². The van der Waals surface area contributed by atoms with Crippen molar-refractivity contribution in [3.8, 4) is 5.75 Å². The molecule has 1 unspecified atom stereocenters. The van der Waals surface area contributed by atoms with Crippen LogP contribution in [-0.4, -0.2) is 29.9 Å². The lowest BCUT2D eigenvalue weighted by molar-refractivity contribution is -0.125. The lowest BCUT2D eigenvalue weighted by Gasteiger charge is -2.07. The number of carbonyl (C=O) groups excluding carboxylic acids is 2. The van der Waals surface area contributed by atoms with Gasteiger partial charge >= 0.3 is 0 Å². The number of para-hydroxylation sites is 1. The molecule has 1 atom stereocenters. The van der Waals surface area contributed by atoms with Crippen LogP contribution in [0.2, 0.25) is 0 Å². The van der Waals surface area contributed by atoms with Crippen LogP contribution in [0, 0.1) is 0 Å². The standard InChI is InChI=1S/C17H21N3O3S/c1-3-12(2)14-11-24-17(19-14)20-15(21)9-18-16(22)10-23-13-7-5-4-6-8-13/h4-8,11-12H,3,9-10H2,1-2H3,(H,18,22)(H,19,20,21). The molecular weight excluding hydrogens is 326 g/mol. The van der Waals surface area contributed by atoms with Gasteiger partial charge in [0.25, 0.3) is 5.91 Å². The van der Waals surface area contributed by atoms with Gasteiger partial charge in [-0.3, -0.25) is 9.59 Å². The second-order valence-corrected chi connectivity index (χ2v) is 6.17. The fourth-order valence-corrected chi connectivity index (χ4v) is 2.69. The van der Waals surface area contributed by atoms with E-state index < -0.39 is 0 Å². The SMILES string of the molecule is CCC(C)c1csc(NC(=O)CNC(=O)COc2ccccc2)n1. The molecule has 0 bridgehead atoms. The number of thiazole rings is 1. The first kappa shape index (κ1) is 17.9. The molecule has 6 nitrogen and oxygen atoms in total. The van der Waals surface area contributed by atoms with E-state index in [9.17, 15) is 9.59 Å². The van der Waals surface area contributed by atoms with Gasteiger partial charge in [0, 0.05) is 5.38 Å². The maximum Gasteiger partial charge on any atom is 0.258 e. The molecule has 0 aliphatic rings. The average Bonchev–Trinajstić information content (AvgIpc) is 3.06. The van der Waals surface area contributed by atoms with Crippen LogP contribution < -0.4 is 15.4 Å². The van der Waals surface area contributed by atoms with Gasteiger partial charge in [-0.1, -0.05) is 32.0 Å². The summed E-state index contributed by atoms with van der Waals surface area (Å²) in [5, 5.41) is 7.68. The van der Waals surface area contributed by atoms with Gasteiger partial charge in [-0.05, 0) is 24.5 Å². The second-order valence-electron chi connectivity index (χ2n) is 5.31. The predicted octanol–water partition coefficient (Wildman–Crippen LogP) is 2.79. The minimum Gasteiger partial charge on any atom is -0.484 e. The topological polar surface area (TPSA) is 80.3 Å². The van der Waals surface area contributed by atoms with Crippen LogP contribution in [0.25, 0.3) is 0 Å². The molecule has 0 saturated carbocycles. The van der Waals surface area contributed by atoms with Crippen molar-refractivity contribution in [1.29, 1.82) is 0 Å². The van der Waals surface area contributed by atoms with Gasteiger partial charge in [0.05, 0.1) is 12.2 Å². The Morgan fingerprint density at radius 2 is 2.00 bits per heavy atom. The molecule has 0 fully saturated rings. The lowest BCUT2D eigenvalue weighted by Crippen LogP contribution is -2.35. The normalized spacial score (nSPS) is 11.6. The highest BCUT2D eigenvalue weighted by Crippen LogP contribution is 2.23. The monoisotopic (exact) mass is 347 g/mol. The van der Waals surface area contributed by atoms with Crippen LogP contribution >= 0.6 is 11.3 Å². The molecule has 0 aliphatic heterocycles. The highest BCUT2D eigenvalue weighted by Gasteiger charge is 2.11. The summed E-state index contributed by atoms with van der Waals surface area (Å²) in [4.78, 5) is 27.9. The summed E-state index contributed by atoms with van der Waals surface area (Å²) < 4.78 is 5.31. The number of amides is 2. The third-order valence-electron chi connectivity index (χ3n) is 3.44. The van der Waals surface area contributed by atoms with Crippen LogP contribution in [0.1, 0.15) is 31.9 Å². The number of hydrogen-bond donors (Lipinski definition) is 2. The van der Waals surface area contributed by atoms with Gasteiger partial charge < -0.3 is 15.4 Å². The number of aromatic nitrogens is 1. The summed E-state index contributed by atoms with van der Waals surface area (Å²) in [5.74, 6) is 0.306. The van der Waals surface area contributed by atoms with E-state index in [0.717, 1.165) is 12.1 Å². The molecule has 0 spiro atoms. The number of rotatable bonds is 8. The fraction of sp³-hybridized carbons (Fsp3) is 0.353. The molecule has 2 amide bonds. The van der Waals surface area contributed by atoms with Crippen molar-refractivity contribution in [1.82, 2.24) is 10.3 Å². The summed E-state index contributed by atoms with van der Waals surface area (Å²) >= 11 is 1.38. The molecular formula is C17H21N3O3S. The smallest absolute Gasteiger partial charge is 0.258 e. The van der Waals surface area contributed by atoms with Gasteiger partial charge in [0.15, 0.2) is 11.7 Å². The van der Waals surface area contributed by atoms with E-state index >= 15 is 0 Å². The zero-order chi connectivity index (χ0) is 17.4. The Hall–Kier alpha value is -2.41. The molecule has 2 N–H and O–H groups in total. The van der Waals surface area contributed by atoms with Gasteiger partial charge in [0.2, 0.25) is 5.91 Å². The Bertz CT molecular complexity index is 673. The molecule has 1 aromatic carbocycles. The Morgan fingerprint density at radius 1 is 1.25 bits per heavy atom. The fourth-order valence-electron chi connectivity index (χ4n) is 1.84. The van der Waals surface area contributed by atoms with Crippen molar-refractivity contribution in [2.45, 2.75) is 26.2 Å². The minimum atomic E-state index is -0.353. The van der Waals surface area contributed by atoms with E-state index in [2.05, 4.69) is 29.5 Å². The Labute approximate surface area is 145 Å². The summed E-state index contributed by atoms with van der Waals surface area (Å²) in [6.45, 7) is 3.94. The number of nitrogens with one attached hydrogen (secondary N) is 2. The zero-order valence-corrected chi connectivity index (χ0v) is 14.6. The average molecular weight is 347 g/mol. The minimum absolute atomic E-state index is 0.116. The van der Waals surface area contributed by atoms with Gasteiger partial charge in [-0.25, -0.2) is 4.98 Å². The van der Waals surface area contributed by atoms with Crippen molar-refractivity contribution in [3.63, 3.8) is 0 Å². The zero-order valence-electron chi connectivity index (χ0n) is 13.7. The molecule has 2 rings (SSSR count). The first-order chi connectivity index (χ1) is 11.6. The third kappa shape index (κ3) is 5.66. The van der Waals surface area contributed by atoms with Crippen LogP contribution in [0.3, 0.4) is 0 Å². The quantitative estimate of drug-likeness (QED) is 0.769. The van der Waals surface area contributed by atoms with E-state index in [1.165, 1.54) is 11.3 Å². The van der Waals surface area contributed by atoms with E-state index in [4.69, 9.17) is 4.74 Å². The predicted molar refractivity (Wildman–Crippen MR) is 94.4 cm³/mol. The molecule has 0 aliphatic carbocycles. The van der Waals surface area contributed by atoms with Gasteiger partial charge in [-0.2, -0.15) is 0 Å².